The Bertz CT molecular complexity index is 1030. The average molecular weight is 396 g/mol. The van der Waals surface area contributed by atoms with Gasteiger partial charge in [-0.05, 0) is 55.3 Å². The zero-order valence-corrected chi connectivity index (χ0v) is 16.7. The molecule has 1 heterocycles. The Morgan fingerprint density at radius 1 is 1.11 bits per heavy atom. The zero-order chi connectivity index (χ0) is 20.1. The molecule has 3 aromatic rings. The van der Waals surface area contributed by atoms with Crippen molar-refractivity contribution in [3.05, 3.63) is 75.7 Å². The van der Waals surface area contributed by atoms with Crippen LogP contribution in [0.4, 0.5) is 5.69 Å². The fourth-order valence-electron chi connectivity index (χ4n) is 2.90. The van der Waals surface area contributed by atoms with Gasteiger partial charge in [-0.1, -0.05) is 37.1 Å². The van der Waals surface area contributed by atoms with Crippen molar-refractivity contribution in [2.75, 3.05) is 5.32 Å². The van der Waals surface area contributed by atoms with E-state index in [1.165, 1.54) is 4.68 Å². The third-order valence-corrected chi connectivity index (χ3v) is 4.68. The molecule has 5 nitrogen and oxygen atoms in total. The van der Waals surface area contributed by atoms with E-state index in [9.17, 15) is 9.59 Å². The molecule has 144 valence electrons. The number of nitrogens with zero attached hydrogens (tertiary/aromatic N) is 2. The second-order valence-corrected chi connectivity index (χ2v) is 7.04. The van der Waals surface area contributed by atoms with Gasteiger partial charge in [-0.2, -0.15) is 9.78 Å². The van der Waals surface area contributed by atoms with E-state index < -0.39 is 0 Å². The Labute approximate surface area is 169 Å². The SMILES string of the molecule is CCCCC(=O)Nc1ccc(-n2nc(C)c(-c3ccc(Cl)cc3)cc2=O)cc1. The van der Waals surface area contributed by atoms with Gasteiger partial charge < -0.3 is 5.32 Å². The van der Waals surface area contributed by atoms with E-state index in [0.717, 1.165) is 29.7 Å². The summed E-state index contributed by atoms with van der Waals surface area (Å²) in [6, 6.07) is 16.0. The normalized spacial score (nSPS) is 10.7. The number of nitrogens with one attached hydrogen (secondary N) is 1. The number of carbonyl (C=O) groups excluding carboxylic acids is 1. The molecule has 1 aromatic heterocycles. The van der Waals surface area contributed by atoms with E-state index in [1.807, 2.05) is 26.0 Å². The number of rotatable bonds is 6. The van der Waals surface area contributed by atoms with Gasteiger partial charge in [-0.25, -0.2) is 0 Å². The molecule has 6 heteroatoms. The van der Waals surface area contributed by atoms with Crippen LogP contribution in [0.15, 0.2) is 59.4 Å². The molecule has 28 heavy (non-hydrogen) atoms. The number of benzene rings is 2. The van der Waals surface area contributed by atoms with Crippen LogP contribution in [0.3, 0.4) is 0 Å². The topological polar surface area (TPSA) is 64.0 Å². The summed E-state index contributed by atoms with van der Waals surface area (Å²) in [6.07, 6.45) is 2.35. The minimum atomic E-state index is -0.227. The van der Waals surface area contributed by atoms with Crippen LogP contribution in [0.25, 0.3) is 16.8 Å². The van der Waals surface area contributed by atoms with Crippen LogP contribution in [0.5, 0.6) is 0 Å². The summed E-state index contributed by atoms with van der Waals surface area (Å²) < 4.78 is 1.36. The van der Waals surface area contributed by atoms with Gasteiger partial charge in [0.05, 0.1) is 11.4 Å². The summed E-state index contributed by atoms with van der Waals surface area (Å²) in [5.74, 6) is -0.00643. The Morgan fingerprint density at radius 3 is 2.43 bits per heavy atom. The van der Waals surface area contributed by atoms with Gasteiger partial charge in [0.15, 0.2) is 0 Å². The molecule has 0 saturated carbocycles. The van der Waals surface area contributed by atoms with Crippen LogP contribution in [-0.4, -0.2) is 15.7 Å². The highest BCUT2D eigenvalue weighted by atomic mass is 35.5. The summed E-state index contributed by atoms with van der Waals surface area (Å²) in [6.45, 7) is 3.91. The van der Waals surface area contributed by atoms with Crippen LogP contribution < -0.4 is 10.9 Å². The van der Waals surface area contributed by atoms with E-state index in [-0.39, 0.29) is 11.5 Å². The van der Waals surface area contributed by atoms with Crippen LogP contribution >= 0.6 is 11.6 Å². The van der Waals surface area contributed by atoms with Crippen molar-refractivity contribution in [1.29, 1.82) is 0 Å². The minimum Gasteiger partial charge on any atom is -0.326 e. The average Bonchev–Trinajstić information content (AvgIpc) is 2.69. The molecule has 0 spiro atoms. The molecule has 0 bridgehead atoms. The molecule has 0 radical (unpaired) electrons. The molecule has 0 aliphatic rings. The first-order valence-electron chi connectivity index (χ1n) is 9.25. The fraction of sp³-hybridized carbons (Fsp3) is 0.227. The minimum absolute atomic E-state index is 0.00643. The van der Waals surface area contributed by atoms with E-state index >= 15 is 0 Å². The quantitative estimate of drug-likeness (QED) is 0.639. The zero-order valence-electron chi connectivity index (χ0n) is 15.9. The summed E-state index contributed by atoms with van der Waals surface area (Å²) in [7, 11) is 0. The first-order chi connectivity index (χ1) is 13.5. The van der Waals surface area contributed by atoms with Gasteiger partial charge in [0.2, 0.25) is 5.91 Å². The molecule has 2 aromatic carbocycles. The number of hydrogen-bond donors (Lipinski definition) is 1. The van der Waals surface area contributed by atoms with Gasteiger partial charge in [-0.3, -0.25) is 9.59 Å². The van der Waals surface area contributed by atoms with Gasteiger partial charge in [0, 0.05) is 28.8 Å². The lowest BCUT2D eigenvalue weighted by Crippen LogP contribution is -2.21. The second kappa shape index (κ2) is 8.85. The summed E-state index contributed by atoms with van der Waals surface area (Å²) in [5.41, 5.74) is 3.52. The number of aromatic nitrogens is 2. The number of amides is 1. The fourth-order valence-corrected chi connectivity index (χ4v) is 3.02. The van der Waals surface area contributed by atoms with Crippen LogP contribution in [-0.2, 0) is 4.79 Å². The highest BCUT2D eigenvalue weighted by Crippen LogP contribution is 2.23. The van der Waals surface area contributed by atoms with Crippen molar-refractivity contribution in [2.24, 2.45) is 0 Å². The largest absolute Gasteiger partial charge is 0.326 e. The monoisotopic (exact) mass is 395 g/mol. The van der Waals surface area contributed by atoms with E-state index in [0.29, 0.717) is 22.8 Å². The number of aryl methyl sites for hydroxylation is 1. The van der Waals surface area contributed by atoms with E-state index in [4.69, 9.17) is 11.6 Å². The van der Waals surface area contributed by atoms with Crippen LogP contribution in [0.2, 0.25) is 5.02 Å². The molecule has 0 aliphatic heterocycles. The van der Waals surface area contributed by atoms with Crippen molar-refractivity contribution >= 4 is 23.2 Å². The Balaban J connectivity index is 1.84. The van der Waals surface area contributed by atoms with Crippen molar-refractivity contribution in [3.8, 4) is 16.8 Å². The first kappa shape index (κ1) is 19.8. The summed E-state index contributed by atoms with van der Waals surface area (Å²) in [5, 5.41) is 7.96. The van der Waals surface area contributed by atoms with Gasteiger partial charge in [-0.15, -0.1) is 0 Å². The molecule has 1 N–H and O–H groups in total. The van der Waals surface area contributed by atoms with Crippen molar-refractivity contribution in [3.63, 3.8) is 0 Å². The molecular formula is C22H22ClN3O2. The highest BCUT2D eigenvalue weighted by Gasteiger charge is 2.10. The maximum Gasteiger partial charge on any atom is 0.272 e. The molecule has 1 amide bonds. The second-order valence-electron chi connectivity index (χ2n) is 6.60. The summed E-state index contributed by atoms with van der Waals surface area (Å²) >= 11 is 5.94. The molecule has 0 unspecified atom stereocenters. The van der Waals surface area contributed by atoms with Gasteiger partial charge in [0.1, 0.15) is 0 Å². The van der Waals surface area contributed by atoms with Crippen molar-refractivity contribution in [2.45, 2.75) is 33.1 Å². The molecule has 0 saturated heterocycles. The maximum absolute atomic E-state index is 12.6. The molecule has 0 fully saturated rings. The first-order valence-corrected chi connectivity index (χ1v) is 9.63. The lowest BCUT2D eigenvalue weighted by Gasteiger charge is -2.11. The molecule has 0 aliphatic carbocycles. The number of halogens is 1. The number of hydrogen-bond acceptors (Lipinski definition) is 3. The molecular weight excluding hydrogens is 374 g/mol. The highest BCUT2D eigenvalue weighted by molar-refractivity contribution is 6.30. The van der Waals surface area contributed by atoms with E-state index in [2.05, 4.69) is 10.4 Å². The summed E-state index contributed by atoms with van der Waals surface area (Å²) in [4.78, 5) is 24.4. The maximum atomic E-state index is 12.6. The van der Waals surface area contributed by atoms with Crippen molar-refractivity contribution < 1.29 is 4.79 Å². The lowest BCUT2D eigenvalue weighted by atomic mass is 10.1. The van der Waals surface area contributed by atoms with Gasteiger partial charge in [0.25, 0.3) is 5.56 Å². The Kier molecular flexibility index (Phi) is 6.26. The molecule has 3 rings (SSSR count). The third kappa shape index (κ3) is 4.67. The van der Waals surface area contributed by atoms with Crippen LogP contribution in [0.1, 0.15) is 31.9 Å². The third-order valence-electron chi connectivity index (χ3n) is 4.42. The van der Waals surface area contributed by atoms with Crippen molar-refractivity contribution in [1.82, 2.24) is 9.78 Å². The van der Waals surface area contributed by atoms with Gasteiger partial charge >= 0.3 is 0 Å². The number of carbonyl (C=O) groups is 1. The predicted molar refractivity (Wildman–Crippen MR) is 113 cm³/mol. The number of unbranched alkanes of at least 4 members (excludes halogenated alkanes) is 1. The predicted octanol–water partition coefficient (Wildman–Crippen LogP) is 4.99. The lowest BCUT2D eigenvalue weighted by molar-refractivity contribution is -0.116. The number of anilines is 1. The Hall–Kier alpha value is -2.92. The van der Waals surface area contributed by atoms with Crippen LogP contribution in [0, 0.1) is 6.92 Å². The smallest absolute Gasteiger partial charge is 0.272 e. The Morgan fingerprint density at radius 2 is 1.79 bits per heavy atom. The molecule has 0 atom stereocenters. The standard InChI is InChI=1S/C22H22ClN3O2/c1-3-4-5-21(27)24-18-10-12-19(13-11-18)26-22(28)14-20(15(2)25-26)16-6-8-17(23)9-7-16/h6-14H,3-5H2,1-2H3,(H,24,27). The van der Waals surface area contributed by atoms with E-state index in [1.54, 1.807) is 42.5 Å².